The van der Waals surface area contributed by atoms with Crippen LogP contribution in [0.5, 0.6) is 0 Å². The van der Waals surface area contributed by atoms with Gasteiger partial charge < -0.3 is 10.3 Å². The number of nitrogens with zero attached hydrogens (tertiary/aromatic N) is 2. The zero-order chi connectivity index (χ0) is 13.1. The van der Waals surface area contributed by atoms with Crippen molar-refractivity contribution in [3.05, 3.63) is 68.6 Å². The minimum Gasteiger partial charge on any atom is -0.393 e. The van der Waals surface area contributed by atoms with Gasteiger partial charge in [-0.25, -0.2) is 0 Å². The van der Waals surface area contributed by atoms with Gasteiger partial charge in [-0.2, -0.15) is 0 Å². The van der Waals surface area contributed by atoms with Crippen molar-refractivity contribution in [1.82, 2.24) is 4.57 Å². The molecule has 2 rings (SSSR count). The highest BCUT2D eigenvalue weighted by Crippen LogP contribution is 2.25. The van der Waals surface area contributed by atoms with E-state index in [1.54, 1.807) is 29.1 Å². The molecule has 18 heavy (non-hydrogen) atoms. The van der Waals surface area contributed by atoms with Gasteiger partial charge >= 0.3 is 0 Å². The molecule has 1 aromatic heterocycles. The van der Waals surface area contributed by atoms with Gasteiger partial charge in [-0.15, -0.1) is 0 Å². The van der Waals surface area contributed by atoms with Crippen LogP contribution in [0.1, 0.15) is 5.56 Å². The summed E-state index contributed by atoms with van der Waals surface area (Å²) in [6, 6.07) is 7.53. The summed E-state index contributed by atoms with van der Waals surface area (Å²) in [5.74, 6) is 0. The number of anilines is 1. The Morgan fingerprint density at radius 3 is 2.50 bits per heavy atom. The maximum atomic E-state index is 11.0. The monoisotopic (exact) mass is 245 g/mol. The first-order valence-electron chi connectivity index (χ1n) is 5.26. The fraction of sp³-hybridized carbons (Fsp3) is 0.0833. The highest BCUT2D eigenvalue weighted by Gasteiger charge is 2.13. The predicted molar refractivity (Wildman–Crippen MR) is 67.3 cm³/mol. The topological polar surface area (TPSA) is 91.2 Å². The Kier molecular flexibility index (Phi) is 3.09. The average molecular weight is 245 g/mol. The van der Waals surface area contributed by atoms with E-state index in [4.69, 9.17) is 5.73 Å². The molecule has 6 nitrogen and oxygen atoms in total. The number of hydrogen-bond donors (Lipinski definition) is 1. The van der Waals surface area contributed by atoms with Gasteiger partial charge in [-0.3, -0.25) is 14.9 Å². The van der Waals surface area contributed by atoms with E-state index in [-0.39, 0.29) is 16.8 Å². The summed E-state index contributed by atoms with van der Waals surface area (Å²) in [6.07, 6.45) is 3.22. The van der Waals surface area contributed by atoms with Crippen molar-refractivity contribution in [3.63, 3.8) is 0 Å². The molecule has 92 valence electrons. The molecule has 0 radical (unpaired) electrons. The molecule has 0 fully saturated rings. The number of para-hydroxylation sites is 1. The number of hydrogen-bond acceptors (Lipinski definition) is 4. The molecule has 0 bridgehead atoms. The minimum absolute atomic E-state index is 0.0849. The second kappa shape index (κ2) is 4.70. The molecule has 0 atom stereocenters. The predicted octanol–water partition coefficient (Wildman–Crippen LogP) is 1.39. The van der Waals surface area contributed by atoms with Crippen LogP contribution in [-0.2, 0) is 6.54 Å². The summed E-state index contributed by atoms with van der Waals surface area (Å²) in [6.45, 7) is 0.383. The average Bonchev–Trinajstić information content (AvgIpc) is 2.34. The molecule has 0 aliphatic carbocycles. The van der Waals surface area contributed by atoms with Crippen molar-refractivity contribution < 1.29 is 4.92 Å². The van der Waals surface area contributed by atoms with Gasteiger partial charge in [0.2, 0.25) is 0 Å². The number of nitro benzene ring substituents is 1. The lowest BCUT2D eigenvalue weighted by atomic mass is 10.1. The number of aromatic nitrogens is 1. The fourth-order valence-electron chi connectivity index (χ4n) is 1.64. The number of rotatable bonds is 3. The molecule has 1 heterocycles. The van der Waals surface area contributed by atoms with Crippen molar-refractivity contribution in [2.24, 2.45) is 0 Å². The maximum absolute atomic E-state index is 11.0. The third-order valence-electron chi connectivity index (χ3n) is 2.58. The third-order valence-corrected chi connectivity index (χ3v) is 2.58. The van der Waals surface area contributed by atoms with Crippen molar-refractivity contribution in [3.8, 4) is 0 Å². The van der Waals surface area contributed by atoms with Gasteiger partial charge in [0.05, 0.1) is 4.92 Å². The summed E-state index contributed by atoms with van der Waals surface area (Å²) >= 11 is 0. The van der Waals surface area contributed by atoms with E-state index in [2.05, 4.69) is 0 Å². The highest BCUT2D eigenvalue weighted by molar-refractivity contribution is 5.63. The van der Waals surface area contributed by atoms with Crippen molar-refractivity contribution >= 4 is 11.4 Å². The molecule has 2 N–H and O–H groups in total. The molecule has 0 saturated heterocycles. The molecule has 2 aromatic rings. The summed E-state index contributed by atoms with van der Waals surface area (Å²) in [5, 5.41) is 10.7. The van der Waals surface area contributed by atoms with E-state index in [1.807, 2.05) is 0 Å². The van der Waals surface area contributed by atoms with Crippen LogP contribution in [0.3, 0.4) is 0 Å². The van der Waals surface area contributed by atoms with Crippen LogP contribution in [-0.4, -0.2) is 9.49 Å². The molecule has 0 aliphatic heterocycles. The van der Waals surface area contributed by atoms with Crippen LogP contribution in [0.25, 0.3) is 0 Å². The highest BCUT2D eigenvalue weighted by atomic mass is 16.6. The van der Waals surface area contributed by atoms with Crippen LogP contribution >= 0.6 is 0 Å². The van der Waals surface area contributed by atoms with E-state index in [0.717, 1.165) is 0 Å². The lowest BCUT2D eigenvalue weighted by molar-refractivity contribution is -0.383. The molecular weight excluding hydrogens is 234 g/mol. The smallest absolute Gasteiger partial charge is 0.292 e. The number of nitrogen functional groups attached to an aromatic ring is 1. The lowest BCUT2D eigenvalue weighted by Gasteiger charge is -2.08. The van der Waals surface area contributed by atoms with Crippen LogP contribution in [0.2, 0.25) is 0 Å². The molecule has 0 saturated carbocycles. The summed E-state index contributed by atoms with van der Waals surface area (Å²) in [7, 11) is 0. The second-order valence-electron chi connectivity index (χ2n) is 3.81. The van der Waals surface area contributed by atoms with Crippen LogP contribution in [0, 0.1) is 10.1 Å². The minimum atomic E-state index is -0.510. The van der Waals surface area contributed by atoms with E-state index < -0.39 is 4.92 Å². The molecule has 6 heteroatoms. The third kappa shape index (κ3) is 2.37. The molecular formula is C12H11N3O3. The van der Waals surface area contributed by atoms with Crippen LogP contribution in [0.15, 0.2) is 47.5 Å². The largest absolute Gasteiger partial charge is 0.393 e. The molecule has 0 spiro atoms. The standard InChI is InChI=1S/C12H11N3O3/c13-12-9(2-1-3-11(12)15(17)18)8-14-6-4-10(16)5-7-14/h1-7H,8,13H2. The number of nitrogens with two attached hydrogens (primary N) is 1. The normalized spacial score (nSPS) is 10.2. The zero-order valence-corrected chi connectivity index (χ0v) is 9.45. The molecule has 0 unspecified atom stereocenters. The zero-order valence-electron chi connectivity index (χ0n) is 9.45. The van der Waals surface area contributed by atoms with Crippen molar-refractivity contribution in [2.75, 3.05) is 5.73 Å². The van der Waals surface area contributed by atoms with Crippen LogP contribution in [0.4, 0.5) is 11.4 Å². The van der Waals surface area contributed by atoms with Gasteiger partial charge in [0.15, 0.2) is 5.43 Å². The lowest BCUT2D eigenvalue weighted by Crippen LogP contribution is -2.07. The van der Waals surface area contributed by atoms with Crippen molar-refractivity contribution in [1.29, 1.82) is 0 Å². The molecule has 1 aromatic carbocycles. The van der Waals surface area contributed by atoms with Crippen molar-refractivity contribution in [2.45, 2.75) is 6.54 Å². The summed E-state index contributed by atoms with van der Waals surface area (Å²) in [5.41, 5.74) is 6.36. The van der Waals surface area contributed by atoms with Gasteiger partial charge in [0.1, 0.15) is 5.69 Å². The first-order valence-corrected chi connectivity index (χ1v) is 5.26. The van der Waals surface area contributed by atoms with Gasteiger partial charge in [-0.05, 0) is 0 Å². The van der Waals surface area contributed by atoms with Gasteiger partial charge in [0.25, 0.3) is 5.69 Å². The quantitative estimate of drug-likeness (QED) is 0.502. The summed E-state index contributed by atoms with van der Waals surface area (Å²) < 4.78 is 1.73. The van der Waals surface area contributed by atoms with E-state index >= 15 is 0 Å². The Balaban J connectivity index is 2.35. The Morgan fingerprint density at radius 1 is 1.22 bits per heavy atom. The Bertz CT molecular complexity index is 629. The van der Waals surface area contributed by atoms with Gasteiger partial charge in [-0.1, -0.05) is 12.1 Å². The first kappa shape index (κ1) is 11.8. The molecule has 0 amide bonds. The van der Waals surface area contributed by atoms with Gasteiger partial charge in [0, 0.05) is 42.7 Å². The number of nitro groups is 1. The Labute approximate surface area is 102 Å². The van der Waals surface area contributed by atoms with E-state index in [0.29, 0.717) is 12.1 Å². The number of pyridine rings is 1. The number of benzene rings is 1. The first-order chi connectivity index (χ1) is 8.58. The fourth-order valence-corrected chi connectivity index (χ4v) is 1.64. The van der Waals surface area contributed by atoms with E-state index in [1.165, 1.54) is 18.2 Å². The second-order valence-corrected chi connectivity index (χ2v) is 3.81. The summed E-state index contributed by atoms with van der Waals surface area (Å²) in [4.78, 5) is 21.2. The SMILES string of the molecule is Nc1c(Cn2ccc(=O)cc2)cccc1[N+](=O)[O-]. The Hall–Kier alpha value is -2.63. The van der Waals surface area contributed by atoms with E-state index in [9.17, 15) is 14.9 Å². The Morgan fingerprint density at radius 2 is 1.89 bits per heavy atom. The maximum Gasteiger partial charge on any atom is 0.292 e. The molecule has 0 aliphatic rings. The van der Waals surface area contributed by atoms with Crippen LogP contribution < -0.4 is 11.2 Å².